The van der Waals surface area contributed by atoms with E-state index in [-0.39, 0.29) is 0 Å². The third kappa shape index (κ3) is 2.17. The molecule has 0 aliphatic heterocycles. The van der Waals surface area contributed by atoms with Crippen molar-refractivity contribution in [1.82, 2.24) is 4.98 Å². The van der Waals surface area contributed by atoms with Gasteiger partial charge >= 0.3 is 0 Å². The summed E-state index contributed by atoms with van der Waals surface area (Å²) >= 11 is 1.75. The fraction of sp³-hybridized carbons (Fsp3) is 0.357. The highest BCUT2D eigenvalue weighted by Crippen LogP contribution is 2.29. The molecule has 0 aliphatic rings. The van der Waals surface area contributed by atoms with Crippen molar-refractivity contribution in [2.45, 2.75) is 33.1 Å². The van der Waals surface area contributed by atoms with Crippen molar-refractivity contribution in [3.63, 3.8) is 0 Å². The van der Waals surface area contributed by atoms with Crippen LogP contribution in [0.3, 0.4) is 0 Å². The van der Waals surface area contributed by atoms with Crippen molar-refractivity contribution in [3.05, 3.63) is 40.9 Å². The molecule has 1 unspecified atom stereocenters. The molecular formula is C14H17NS. The van der Waals surface area contributed by atoms with Gasteiger partial charge in [-0.25, -0.2) is 4.98 Å². The summed E-state index contributed by atoms with van der Waals surface area (Å²) in [6, 6.07) is 8.43. The first-order valence-electron chi connectivity index (χ1n) is 5.73. The molecule has 1 atom stereocenters. The number of thiazole rings is 1. The first kappa shape index (κ1) is 11.3. The number of aromatic nitrogens is 1. The van der Waals surface area contributed by atoms with Crippen LogP contribution in [-0.2, 0) is 0 Å². The van der Waals surface area contributed by atoms with E-state index in [1.54, 1.807) is 11.3 Å². The lowest BCUT2D eigenvalue weighted by molar-refractivity contribution is 0.714. The predicted molar refractivity (Wildman–Crippen MR) is 71.0 cm³/mol. The fourth-order valence-electron chi connectivity index (χ4n) is 1.66. The topological polar surface area (TPSA) is 12.9 Å². The SMILES string of the molecule is CCC(C)c1csc(-c2ccccc2C)n1. The van der Waals surface area contributed by atoms with E-state index in [4.69, 9.17) is 4.98 Å². The zero-order chi connectivity index (χ0) is 11.5. The standard InChI is InChI=1S/C14H17NS/c1-4-10(2)13-9-16-14(15-13)12-8-6-5-7-11(12)3/h5-10H,4H2,1-3H3. The Morgan fingerprint density at radius 2 is 2.06 bits per heavy atom. The number of aryl methyl sites for hydroxylation is 1. The van der Waals surface area contributed by atoms with Gasteiger partial charge in [0.2, 0.25) is 0 Å². The molecule has 1 aromatic heterocycles. The van der Waals surface area contributed by atoms with E-state index in [0.29, 0.717) is 5.92 Å². The Labute approximate surface area is 101 Å². The minimum Gasteiger partial charge on any atom is -0.241 e. The van der Waals surface area contributed by atoms with Gasteiger partial charge in [-0.3, -0.25) is 0 Å². The molecular weight excluding hydrogens is 214 g/mol. The van der Waals surface area contributed by atoms with Crippen LogP contribution in [0, 0.1) is 6.92 Å². The second-order valence-corrected chi connectivity index (χ2v) is 5.06. The third-order valence-electron chi connectivity index (χ3n) is 3.01. The van der Waals surface area contributed by atoms with Gasteiger partial charge in [-0.1, -0.05) is 38.1 Å². The van der Waals surface area contributed by atoms with Gasteiger partial charge in [0.15, 0.2) is 0 Å². The lowest BCUT2D eigenvalue weighted by Gasteiger charge is -2.03. The zero-order valence-electron chi connectivity index (χ0n) is 10.0. The summed E-state index contributed by atoms with van der Waals surface area (Å²) in [6.45, 7) is 6.58. The molecule has 84 valence electrons. The van der Waals surface area contributed by atoms with E-state index in [2.05, 4.69) is 50.4 Å². The van der Waals surface area contributed by atoms with Gasteiger partial charge in [0.25, 0.3) is 0 Å². The first-order chi connectivity index (χ1) is 7.72. The van der Waals surface area contributed by atoms with Crippen LogP contribution in [0.5, 0.6) is 0 Å². The average Bonchev–Trinajstić information content (AvgIpc) is 2.78. The molecule has 0 fully saturated rings. The molecule has 0 spiro atoms. The summed E-state index contributed by atoms with van der Waals surface area (Å²) < 4.78 is 0. The monoisotopic (exact) mass is 231 g/mol. The number of hydrogen-bond donors (Lipinski definition) is 0. The van der Waals surface area contributed by atoms with Gasteiger partial charge in [0, 0.05) is 10.9 Å². The van der Waals surface area contributed by atoms with Crippen LogP contribution in [-0.4, -0.2) is 4.98 Å². The maximum Gasteiger partial charge on any atom is 0.123 e. The van der Waals surface area contributed by atoms with Crippen LogP contribution in [0.1, 0.15) is 37.4 Å². The van der Waals surface area contributed by atoms with E-state index in [1.165, 1.54) is 16.8 Å². The highest BCUT2D eigenvalue weighted by Gasteiger charge is 2.10. The van der Waals surface area contributed by atoms with Crippen molar-refractivity contribution in [2.75, 3.05) is 0 Å². The van der Waals surface area contributed by atoms with Crippen LogP contribution < -0.4 is 0 Å². The number of nitrogens with zero attached hydrogens (tertiary/aromatic N) is 1. The van der Waals surface area contributed by atoms with Crippen molar-refractivity contribution >= 4 is 11.3 Å². The van der Waals surface area contributed by atoms with Gasteiger partial charge in [-0.2, -0.15) is 0 Å². The Morgan fingerprint density at radius 1 is 1.31 bits per heavy atom. The average molecular weight is 231 g/mol. The molecule has 2 heteroatoms. The molecule has 0 saturated heterocycles. The normalized spacial score (nSPS) is 12.7. The Balaban J connectivity index is 2.35. The van der Waals surface area contributed by atoms with E-state index in [1.807, 2.05) is 0 Å². The minimum absolute atomic E-state index is 0.564. The van der Waals surface area contributed by atoms with E-state index in [0.717, 1.165) is 11.4 Å². The molecule has 2 aromatic rings. The fourth-order valence-corrected chi connectivity index (χ4v) is 2.69. The van der Waals surface area contributed by atoms with E-state index in [9.17, 15) is 0 Å². The van der Waals surface area contributed by atoms with E-state index >= 15 is 0 Å². The van der Waals surface area contributed by atoms with Crippen molar-refractivity contribution < 1.29 is 0 Å². The number of hydrogen-bond acceptors (Lipinski definition) is 2. The van der Waals surface area contributed by atoms with Gasteiger partial charge in [-0.15, -0.1) is 11.3 Å². The lowest BCUT2D eigenvalue weighted by Crippen LogP contribution is -1.91. The molecule has 0 N–H and O–H groups in total. The predicted octanol–water partition coefficient (Wildman–Crippen LogP) is 4.63. The summed E-state index contributed by atoms with van der Waals surface area (Å²) in [5.41, 5.74) is 3.79. The molecule has 0 radical (unpaired) electrons. The first-order valence-corrected chi connectivity index (χ1v) is 6.61. The highest BCUT2D eigenvalue weighted by atomic mass is 32.1. The quantitative estimate of drug-likeness (QED) is 0.750. The molecule has 0 saturated carbocycles. The molecule has 1 aromatic carbocycles. The molecule has 16 heavy (non-hydrogen) atoms. The largest absolute Gasteiger partial charge is 0.241 e. The Hall–Kier alpha value is -1.15. The van der Waals surface area contributed by atoms with Gasteiger partial charge < -0.3 is 0 Å². The summed E-state index contributed by atoms with van der Waals surface area (Å²) in [4.78, 5) is 4.73. The van der Waals surface area contributed by atoms with Crippen molar-refractivity contribution in [2.24, 2.45) is 0 Å². The van der Waals surface area contributed by atoms with Crippen LogP contribution in [0.4, 0.5) is 0 Å². The molecule has 1 nitrogen and oxygen atoms in total. The minimum atomic E-state index is 0.564. The maximum atomic E-state index is 4.73. The van der Waals surface area contributed by atoms with Crippen LogP contribution >= 0.6 is 11.3 Å². The summed E-state index contributed by atoms with van der Waals surface area (Å²) in [5, 5.41) is 3.34. The second-order valence-electron chi connectivity index (χ2n) is 4.20. The third-order valence-corrected chi connectivity index (χ3v) is 3.91. The van der Waals surface area contributed by atoms with Crippen LogP contribution in [0.2, 0.25) is 0 Å². The van der Waals surface area contributed by atoms with Crippen molar-refractivity contribution in [1.29, 1.82) is 0 Å². The summed E-state index contributed by atoms with van der Waals surface area (Å²) in [6.07, 6.45) is 1.15. The molecule has 0 bridgehead atoms. The molecule has 0 aliphatic carbocycles. The summed E-state index contributed by atoms with van der Waals surface area (Å²) in [7, 11) is 0. The highest BCUT2D eigenvalue weighted by molar-refractivity contribution is 7.13. The van der Waals surface area contributed by atoms with Gasteiger partial charge in [-0.05, 0) is 24.8 Å². The lowest BCUT2D eigenvalue weighted by atomic mass is 10.1. The molecule has 2 rings (SSSR count). The van der Waals surface area contributed by atoms with E-state index < -0.39 is 0 Å². The van der Waals surface area contributed by atoms with Crippen LogP contribution in [0.25, 0.3) is 10.6 Å². The number of rotatable bonds is 3. The summed E-state index contributed by atoms with van der Waals surface area (Å²) in [5.74, 6) is 0.564. The Morgan fingerprint density at radius 3 is 2.75 bits per heavy atom. The second kappa shape index (κ2) is 4.79. The molecule has 1 heterocycles. The number of benzene rings is 1. The molecule has 0 amide bonds. The smallest absolute Gasteiger partial charge is 0.123 e. The van der Waals surface area contributed by atoms with Gasteiger partial charge in [0.05, 0.1) is 5.69 Å². The van der Waals surface area contributed by atoms with Gasteiger partial charge in [0.1, 0.15) is 5.01 Å². The Kier molecular flexibility index (Phi) is 3.39. The van der Waals surface area contributed by atoms with Crippen molar-refractivity contribution in [3.8, 4) is 10.6 Å². The maximum absolute atomic E-state index is 4.73. The van der Waals surface area contributed by atoms with Crippen LogP contribution in [0.15, 0.2) is 29.6 Å². The Bertz CT molecular complexity index is 473. The zero-order valence-corrected chi connectivity index (χ0v) is 10.8.